The van der Waals surface area contributed by atoms with Crippen LogP contribution in [0.2, 0.25) is 0 Å². The lowest BCUT2D eigenvalue weighted by molar-refractivity contribution is 0.0776. The van der Waals surface area contributed by atoms with Crippen molar-refractivity contribution in [2.75, 3.05) is 7.05 Å². The molecule has 2 aromatic heterocycles. The molecule has 0 aromatic carbocycles. The number of H-pyrrole nitrogens is 1. The molecule has 1 aliphatic rings. The summed E-state index contributed by atoms with van der Waals surface area (Å²) in [5, 5.41) is 10.5. The maximum Gasteiger partial charge on any atom is 0.274 e. The monoisotopic (exact) mass is 332 g/mol. The summed E-state index contributed by atoms with van der Waals surface area (Å²) in [4.78, 5) is 19.1. The van der Waals surface area contributed by atoms with Crippen LogP contribution in [0.4, 0.5) is 0 Å². The molecule has 0 unspecified atom stereocenters. The van der Waals surface area contributed by atoms with Gasteiger partial charge >= 0.3 is 0 Å². The summed E-state index contributed by atoms with van der Waals surface area (Å²) in [6.45, 7) is 7.03. The van der Waals surface area contributed by atoms with Gasteiger partial charge in [0.25, 0.3) is 5.91 Å². The fourth-order valence-corrected chi connectivity index (χ4v) is 3.83. The number of hydrogen-bond donors (Lipinski definition) is 1. The summed E-state index contributed by atoms with van der Waals surface area (Å²) in [5.74, 6) is 1.02. The lowest BCUT2D eigenvalue weighted by atomic mass is 9.87. The second-order valence-corrected chi connectivity index (χ2v) is 7.76. The highest BCUT2D eigenvalue weighted by Crippen LogP contribution is 2.27. The zero-order chi connectivity index (χ0) is 16.6. The van der Waals surface area contributed by atoms with Gasteiger partial charge in [0.1, 0.15) is 0 Å². The number of carbonyl (C=O) groups is 1. The fraction of sp³-hybridized carbons (Fsp3) is 0.588. The summed E-state index contributed by atoms with van der Waals surface area (Å²) < 4.78 is 0. The molecule has 2 heterocycles. The lowest BCUT2D eigenvalue weighted by Gasteiger charge is -2.20. The van der Waals surface area contributed by atoms with Crippen molar-refractivity contribution in [2.45, 2.75) is 52.5 Å². The molecule has 2 aromatic rings. The van der Waals surface area contributed by atoms with E-state index in [1.807, 2.05) is 12.4 Å². The molecule has 5 nitrogen and oxygen atoms in total. The Morgan fingerprint density at radius 3 is 3.00 bits per heavy atom. The van der Waals surface area contributed by atoms with E-state index in [4.69, 9.17) is 0 Å². The summed E-state index contributed by atoms with van der Waals surface area (Å²) in [6, 6.07) is 0. The van der Waals surface area contributed by atoms with Gasteiger partial charge in [0.15, 0.2) is 5.69 Å². The van der Waals surface area contributed by atoms with Crippen molar-refractivity contribution in [3.63, 3.8) is 0 Å². The highest BCUT2D eigenvalue weighted by atomic mass is 32.1. The van der Waals surface area contributed by atoms with Crippen LogP contribution in [0, 0.1) is 5.92 Å². The van der Waals surface area contributed by atoms with Crippen LogP contribution in [0.5, 0.6) is 0 Å². The van der Waals surface area contributed by atoms with E-state index in [1.165, 1.54) is 0 Å². The summed E-state index contributed by atoms with van der Waals surface area (Å²) in [6.07, 6.45) is 3.09. The number of fused-ring (bicyclic) bond motifs is 1. The van der Waals surface area contributed by atoms with Crippen LogP contribution in [-0.4, -0.2) is 33.0 Å². The van der Waals surface area contributed by atoms with E-state index in [1.54, 1.807) is 16.2 Å². The summed E-state index contributed by atoms with van der Waals surface area (Å²) >= 11 is 1.66. The SMILES string of the molecule is CC(C)c1nc(CN(C)C(=O)c2n[nH]c3c2C[C@@H](C)CC3)cs1. The van der Waals surface area contributed by atoms with Crippen LogP contribution >= 0.6 is 11.3 Å². The molecule has 0 spiro atoms. The standard InChI is InChI=1S/C17H24N4OS/c1-10(2)16-18-12(9-23-16)8-21(4)17(22)15-13-7-11(3)5-6-14(13)19-20-15/h9-11H,5-8H2,1-4H3,(H,19,20)/t11-/m0/s1. The highest BCUT2D eigenvalue weighted by Gasteiger charge is 2.26. The molecule has 0 radical (unpaired) electrons. The minimum atomic E-state index is -0.0179. The van der Waals surface area contributed by atoms with Gasteiger partial charge in [-0.15, -0.1) is 11.3 Å². The maximum atomic E-state index is 12.7. The number of amides is 1. The van der Waals surface area contributed by atoms with Gasteiger partial charge < -0.3 is 4.90 Å². The Balaban J connectivity index is 1.73. The van der Waals surface area contributed by atoms with Crippen molar-refractivity contribution in [1.82, 2.24) is 20.1 Å². The minimum Gasteiger partial charge on any atom is -0.334 e. The first-order valence-corrected chi connectivity index (χ1v) is 9.09. The van der Waals surface area contributed by atoms with E-state index in [9.17, 15) is 4.79 Å². The first kappa shape index (κ1) is 16.2. The summed E-state index contributed by atoms with van der Waals surface area (Å²) in [7, 11) is 1.82. The molecule has 0 fully saturated rings. The number of aromatic nitrogens is 3. The number of nitrogens with one attached hydrogen (secondary N) is 1. The van der Waals surface area contributed by atoms with Gasteiger partial charge in [-0.2, -0.15) is 5.10 Å². The van der Waals surface area contributed by atoms with E-state index in [-0.39, 0.29) is 5.91 Å². The van der Waals surface area contributed by atoms with Crippen LogP contribution in [0.15, 0.2) is 5.38 Å². The Bertz CT molecular complexity index is 703. The fourth-order valence-electron chi connectivity index (χ4n) is 3.00. The Kier molecular flexibility index (Phi) is 4.53. The van der Waals surface area contributed by atoms with Gasteiger partial charge in [0.05, 0.1) is 17.2 Å². The highest BCUT2D eigenvalue weighted by molar-refractivity contribution is 7.09. The molecule has 0 saturated heterocycles. The Morgan fingerprint density at radius 2 is 2.30 bits per heavy atom. The van der Waals surface area contributed by atoms with E-state index >= 15 is 0 Å². The third-order valence-corrected chi connectivity index (χ3v) is 5.60. The zero-order valence-electron chi connectivity index (χ0n) is 14.2. The van der Waals surface area contributed by atoms with E-state index in [2.05, 4.69) is 36.0 Å². The predicted molar refractivity (Wildman–Crippen MR) is 91.8 cm³/mol. The molecule has 124 valence electrons. The number of carbonyl (C=O) groups excluding carboxylic acids is 1. The number of nitrogens with zero attached hydrogens (tertiary/aromatic N) is 3. The first-order chi connectivity index (χ1) is 11.0. The molecule has 1 N–H and O–H groups in total. The second kappa shape index (κ2) is 6.43. The van der Waals surface area contributed by atoms with Gasteiger partial charge in [0.2, 0.25) is 0 Å². The molecule has 1 amide bonds. The average Bonchev–Trinajstić information content (AvgIpc) is 3.12. The molecule has 6 heteroatoms. The van der Waals surface area contributed by atoms with E-state index < -0.39 is 0 Å². The van der Waals surface area contributed by atoms with Crippen LogP contribution < -0.4 is 0 Å². The van der Waals surface area contributed by atoms with Crippen molar-refractivity contribution in [3.05, 3.63) is 33.0 Å². The van der Waals surface area contributed by atoms with E-state index in [0.717, 1.165) is 41.2 Å². The smallest absolute Gasteiger partial charge is 0.274 e. The van der Waals surface area contributed by atoms with Crippen molar-refractivity contribution < 1.29 is 4.79 Å². The molecule has 23 heavy (non-hydrogen) atoms. The third kappa shape index (κ3) is 3.32. The topological polar surface area (TPSA) is 61.9 Å². The minimum absolute atomic E-state index is 0.0179. The first-order valence-electron chi connectivity index (χ1n) is 8.21. The molecule has 0 aliphatic heterocycles. The Labute approximate surface area is 141 Å². The molecular weight excluding hydrogens is 308 g/mol. The molecule has 0 bridgehead atoms. The van der Waals surface area contributed by atoms with E-state index in [0.29, 0.717) is 24.1 Å². The Hall–Kier alpha value is -1.69. The summed E-state index contributed by atoms with van der Waals surface area (Å²) in [5.41, 5.74) is 3.79. The van der Waals surface area contributed by atoms with Gasteiger partial charge in [0, 0.05) is 29.6 Å². The second-order valence-electron chi connectivity index (χ2n) is 6.87. The van der Waals surface area contributed by atoms with Gasteiger partial charge in [-0.05, 0) is 25.2 Å². The third-order valence-electron chi connectivity index (χ3n) is 4.40. The molecular formula is C17H24N4OS. The largest absolute Gasteiger partial charge is 0.334 e. The maximum absolute atomic E-state index is 12.7. The number of hydrogen-bond acceptors (Lipinski definition) is 4. The van der Waals surface area contributed by atoms with Crippen molar-refractivity contribution >= 4 is 17.2 Å². The van der Waals surface area contributed by atoms with Crippen molar-refractivity contribution in [3.8, 4) is 0 Å². The molecule has 3 rings (SSSR count). The van der Waals surface area contributed by atoms with Crippen LogP contribution in [0.3, 0.4) is 0 Å². The Morgan fingerprint density at radius 1 is 1.52 bits per heavy atom. The number of aromatic amines is 1. The lowest BCUT2D eigenvalue weighted by Crippen LogP contribution is -2.28. The quantitative estimate of drug-likeness (QED) is 0.933. The van der Waals surface area contributed by atoms with Crippen LogP contribution in [-0.2, 0) is 19.4 Å². The van der Waals surface area contributed by atoms with Gasteiger partial charge in [-0.25, -0.2) is 4.98 Å². The van der Waals surface area contributed by atoms with Gasteiger partial charge in [-0.1, -0.05) is 20.8 Å². The molecule has 1 aliphatic carbocycles. The predicted octanol–water partition coefficient (Wildman–Crippen LogP) is 3.39. The normalized spacial score (nSPS) is 17.3. The van der Waals surface area contributed by atoms with Crippen LogP contribution in [0.1, 0.15) is 65.6 Å². The number of aryl methyl sites for hydroxylation is 1. The average molecular weight is 332 g/mol. The zero-order valence-corrected chi connectivity index (χ0v) is 15.0. The number of thiazole rings is 1. The van der Waals surface area contributed by atoms with Crippen LogP contribution in [0.25, 0.3) is 0 Å². The molecule has 1 atom stereocenters. The van der Waals surface area contributed by atoms with Crippen molar-refractivity contribution in [1.29, 1.82) is 0 Å². The van der Waals surface area contributed by atoms with Gasteiger partial charge in [-0.3, -0.25) is 9.89 Å². The number of rotatable bonds is 4. The van der Waals surface area contributed by atoms with Crippen molar-refractivity contribution in [2.24, 2.45) is 5.92 Å². The molecule has 0 saturated carbocycles.